The number of esters is 1. The van der Waals surface area contributed by atoms with E-state index in [1.165, 1.54) is 19.2 Å². The molecule has 1 aromatic carbocycles. The Labute approximate surface area is 108 Å². The highest BCUT2D eigenvalue weighted by molar-refractivity contribution is 5.77. The Morgan fingerprint density at radius 1 is 1.28 bits per heavy atom. The first-order valence-electron chi connectivity index (χ1n) is 5.81. The van der Waals surface area contributed by atoms with E-state index in [2.05, 4.69) is 0 Å². The van der Waals surface area contributed by atoms with Crippen LogP contribution >= 0.6 is 0 Å². The van der Waals surface area contributed by atoms with Crippen LogP contribution in [0.4, 0.5) is 4.39 Å². The lowest BCUT2D eigenvalue weighted by molar-refractivity contribution is -0.154. The molecule has 0 aliphatic carbocycles. The van der Waals surface area contributed by atoms with E-state index in [4.69, 9.17) is 4.74 Å². The standard InChI is InChI=1S/C14H20FNO2/c1-14(2,13(17)18-5)12(16(3)4)10-6-8-11(15)9-7-10/h6-9,12H,1-5H3. The summed E-state index contributed by atoms with van der Waals surface area (Å²) in [6.07, 6.45) is 0. The van der Waals surface area contributed by atoms with Crippen LogP contribution in [0, 0.1) is 11.2 Å². The molecule has 0 heterocycles. The van der Waals surface area contributed by atoms with Crippen LogP contribution in [0.5, 0.6) is 0 Å². The van der Waals surface area contributed by atoms with Gasteiger partial charge in [0.15, 0.2) is 0 Å². The fraction of sp³-hybridized carbons (Fsp3) is 0.500. The van der Waals surface area contributed by atoms with Crippen LogP contribution in [-0.2, 0) is 9.53 Å². The number of ether oxygens (including phenoxy) is 1. The van der Waals surface area contributed by atoms with E-state index in [9.17, 15) is 9.18 Å². The maximum atomic E-state index is 13.0. The molecule has 0 aliphatic heterocycles. The van der Waals surface area contributed by atoms with E-state index in [1.807, 2.05) is 32.8 Å². The molecule has 1 aromatic rings. The Bertz CT molecular complexity index is 412. The molecular weight excluding hydrogens is 233 g/mol. The van der Waals surface area contributed by atoms with Gasteiger partial charge in [-0.1, -0.05) is 12.1 Å². The molecule has 100 valence electrons. The molecule has 4 heteroatoms. The molecule has 0 spiro atoms. The molecule has 0 aliphatic rings. The number of hydrogen-bond donors (Lipinski definition) is 0. The average molecular weight is 253 g/mol. The van der Waals surface area contributed by atoms with E-state index in [-0.39, 0.29) is 17.8 Å². The Kier molecular flexibility index (Phi) is 4.46. The number of carbonyl (C=O) groups is 1. The van der Waals surface area contributed by atoms with Crippen LogP contribution in [0.25, 0.3) is 0 Å². The average Bonchev–Trinajstić information content (AvgIpc) is 2.30. The maximum absolute atomic E-state index is 13.0. The van der Waals surface area contributed by atoms with E-state index < -0.39 is 5.41 Å². The molecule has 1 unspecified atom stereocenters. The highest BCUT2D eigenvalue weighted by Crippen LogP contribution is 2.38. The lowest BCUT2D eigenvalue weighted by atomic mass is 9.79. The summed E-state index contributed by atoms with van der Waals surface area (Å²) in [5.74, 6) is -0.572. The summed E-state index contributed by atoms with van der Waals surface area (Å²) < 4.78 is 17.8. The molecule has 0 bridgehead atoms. The molecular formula is C14H20FNO2. The van der Waals surface area contributed by atoms with Gasteiger partial charge in [0.25, 0.3) is 0 Å². The largest absolute Gasteiger partial charge is 0.469 e. The van der Waals surface area contributed by atoms with Crippen molar-refractivity contribution >= 4 is 5.97 Å². The number of benzene rings is 1. The predicted octanol–water partition coefficient (Wildman–Crippen LogP) is 2.63. The summed E-state index contributed by atoms with van der Waals surface area (Å²) in [7, 11) is 5.15. The van der Waals surface area contributed by atoms with Crippen LogP contribution in [0.15, 0.2) is 24.3 Å². The fourth-order valence-corrected chi connectivity index (χ4v) is 2.38. The number of rotatable bonds is 4. The van der Waals surface area contributed by atoms with Crippen molar-refractivity contribution < 1.29 is 13.9 Å². The topological polar surface area (TPSA) is 29.5 Å². The number of carbonyl (C=O) groups excluding carboxylic acids is 1. The fourth-order valence-electron chi connectivity index (χ4n) is 2.38. The maximum Gasteiger partial charge on any atom is 0.313 e. The van der Waals surface area contributed by atoms with E-state index in [0.717, 1.165) is 5.56 Å². The van der Waals surface area contributed by atoms with Crippen molar-refractivity contribution in [1.29, 1.82) is 0 Å². The predicted molar refractivity (Wildman–Crippen MR) is 68.6 cm³/mol. The summed E-state index contributed by atoms with van der Waals surface area (Å²) in [4.78, 5) is 13.8. The molecule has 0 N–H and O–H groups in total. The van der Waals surface area contributed by atoms with Gasteiger partial charge in [0.1, 0.15) is 5.82 Å². The van der Waals surface area contributed by atoms with Crippen molar-refractivity contribution in [2.75, 3.05) is 21.2 Å². The van der Waals surface area contributed by atoms with Crippen molar-refractivity contribution in [3.05, 3.63) is 35.6 Å². The Balaban J connectivity index is 3.18. The van der Waals surface area contributed by atoms with Crippen molar-refractivity contribution in [3.8, 4) is 0 Å². The minimum atomic E-state index is -0.712. The number of halogens is 1. The van der Waals surface area contributed by atoms with Crippen LogP contribution in [0.1, 0.15) is 25.5 Å². The third kappa shape index (κ3) is 2.88. The van der Waals surface area contributed by atoms with Gasteiger partial charge in [-0.3, -0.25) is 4.79 Å². The lowest BCUT2D eigenvalue weighted by Gasteiger charge is -2.36. The second kappa shape index (κ2) is 5.48. The van der Waals surface area contributed by atoms with Gasteiger partial charge in [0, 0.05) is 6.04 Å². The summed E-state index contributed by atoms with van der Waals surface area (Å²) in [6, 6.07) is 6.03. The lowest BCUT2D eigenvalue weighted by Crippen LogP contribution is -2.40. The van der Waals surface area contributed by atoms with Crippen LogP contribution in [0.2, 0.25) is 0 Å². The van der Waals surface area contributed by atoms with E-state index in [1.54, 1.807) is 12.1 Å². The van der Waals surface area contributed by atoms with Gasteiger partial charge in [-0.05, 0) is 45.6 Å². The van der Waals surface area contributed by atoms with Gasteiger partial charge >= 0.3 is 5.97 Å². The molecule has 0 amide bonds. The molecule has 1 rings (SSSR count). The van der Waals surface area contributed by atoms with E-state index >= 15 is 0 Å². The van der Waals surface area contributed by atoms with Crippen molar-refractivity contribution in [3.63, 3.8) is 0 Å². The molecule has 0 saturated heterocycles. The number of hydrogen-bond acceptors (Lipinski definition) is 3. The minimum absolute atomic E-state index is 0.175. The molecule has 0 fully saturated rings. The zero-order chi connectivity index (χ0) is 13.9. The summed E-state index contributed by atoms with van der Waals surface area (Å²) in [5.41, 5.74) is 0.174. The Morgan fingerprint density at radius 3 is 2.17 bits per heavy atom. The van der Waals surface area contributed by atoms with Crippen LogP contribution < -0.4 is 0 Å². The van der Waals surface area contributed by atoms with Gasteiger partial charge in [0.05, 0.1) is 12.5 Å². The van der Waals surface area contributed by atoms with Crippen molar-refractivity contribution in [2.24, 2.45) is 5.41 Å². The van der Waals surface area contributed by atoms with Gasteiger partial charge in [0.2, 0.25) is 0 Å². The monoisotopic (exact) mass is 253 g/mol. The molecule has 18 heavy (non-hydrogen) atoms. The Morgan fingerprint density at radius 2 is 1.78 bits per heavy atom. The van der Waals surface area contributed by atoms with Crippen molar-refractivity contribution in [1.82, 2.24) is 4.90 Å². The quantitative estimate of drug-likeness (QED) is 0.773. The second-order valence-electron chi connectivity index (χ2n) is 5.13. The SMILES string of the molecule is COC(=O)C(C)(C)C(c1ccc(F)cc1)N(C)C. The van der Waals surface area contributed by atoms with Gasteiger partial charge in [-0.25, -0.2) is 4.39 Å². The molecule has 3 nitrogen and oxygen atoms in total. The summed E-state index contributed by atoms with van der Waals surface area (Å²) >= 11 is 0. The van der Waals surface area contributed by atoms with Crippen molar-refractivity contribution in [2.45, 2.75) is 19.9 Å². The zero-order valence-electron chi connectivity index (χ0n) is 11.5. The Hall–Kier alpha value is -1.42. The first-order chi connectivity index (χ1) is 8.30. The molecule has 0 saturated carbocycles. The second-order valence-corrected chi connectivity index (χ2v) is 5.13. The molecule has 0 aromatic heterocycles. The normalized spacial score (nSPS) is 13.5. The highest BCUT2D eigenvalue weighted by Gasteiger charge is 2.40. The highest BCUT2D eigenvalue weighted by atomic mass is 19.1. The van der Waals surface area contributed by atoms with Gasteiger partial charge in [-0.15, -0.1) is 0 Å². The summed E-state index contributed by atoms with van der Waals surface area (Å²) in [6.45, 7) is 3.65. The number of methoxy groups -OCH3 is 1. The third-order valence-electron chi connectivity index (χ3n) is 3.10. The first kappa shape index (κ1) is 14.6. The van der Waals surface area contributed by atoms with Gasteiger partial charge in [-0.2, -0.15) is 0 Å². The minimum Gasteiger partial charge on any atom is -0.469 e. The third-order valence-corrected chi connectivity index (χ3v) is 3.10. The van der Waals surface area contributed by atoms with Crippen LogP contribution in [-0.4, -0.2) is 32.1 Å². The molecule has 1 atom stereocenters. The summed E-state index contributed by atoms with van der Waals surface area (Å²) in [5, 5.41) is 0. The molecule has 0 radical (unpaired) electrons. The van der Waals surface area contributed by atoms with Gasteiger partial charge < -0.3 is 9.64 Å². The van der Waals surface area contributed by atoms with Crippen LogP contribution in [0.3, 0.4) is 0 Å². The van der Waals surface area contributed by atoms with E-state index in [0.29, 0.717) is 0 Å². The smallest absolute Gasteiger partial charge is 0.313 e. The first-order valence-corrected chi connectivity index (χ1v) is 5.81. The zero-order valence-corrected chi connectivity index (χ0v) is 11.5. The number of nitrogens with zero attached hydrogens (tertiary/aromatic N) is 1.